The van der Waals surface area contributed by atoms with Crippen LogP contribution < -0.4 is 10.1 Å². The summed E-state index contributed by atoms with van der Waals surface area (Å²) in [4.78, 5) is 12.2. The number of esters is 1. The number of anilines is 1. The van der Waals surface area contributed by atoms with Crippen LogP contribution in [0, 0.1) is 11.7 Å². The number of rotatable bonds is 3. The zero-order valence-electron chi connectivity index (χ0n) is 15.7. The van der Waals surface area contributed by atoms with E-state index in [-0.39, 0.29) is 23.7 Å². The summed E-state index contributed by atoms with van der Waals surface area (Å²) in [6, 6.07) is 21.7. The molecule has 0 spiro atoms. The molecule has 0 saturated carbocycles. The summed E-state index contributed by atoms with van der Waals surface area (Å²) in [5.74, 6) is 0.490. The summed E-state index contributed by atoms with van der Waals surface area (Å²) in [6.45, 7) is 0. The molecule has 3 nitrogen and oxygen atoms in total. The van der Waals surface area contributed by atoms with Crippen LogP contribution in [-0.2, 0) is 0 Å². The first-order chi connectivity index (χ1) is 14.2. The number of hydrogen-bond acceptors (Lipinski definition) is 3. The molecule has 29 heavy (non-hydrogen) atoms. The van der Waals surface area contributed by atoms with Gasteiger partial charge < -0.3 is 10.1 Å². The van der Waals surface area contributed by atoms with E-state index < -0.39 is 0 Å². The zero-order valence-corrected chi connectivity index (χ0v) is 15.7. The van der Waals surface area contributed by atoms with E-state index >= 15 is 0 Å². The number of nitrogens with one attached hydrogen (secondary N) is 1. The van der Waals surface area contributed by atoms with Gasteiger partial charge in [-0.15, -0.1) is 0 Å². The van der Waals surface area contributed by atoms with Crippen LogP contribution in [-0.4, -0.2) is 5.97 Å². The van der Waals surface area contributed by atoms with Crippen LogP contribution in [0.4, 0.5) is 10.1 Å². The maximum atomic E-state index is 13.7. The van der Waals surface area contributed by atoms with Crippen LogP contribution in [0.2, 0.25) is 0 Å². The van der Waals surface area contributed by atoms with Crippen molar-refractivity contribution in [2.75, 3.05) is 5.32 Å². The molecule has 0 unspecified atom stereocenters. The van der Waals surface area contributed by atoms with E-state index in [2.05, 4.69) is 17.5 Å². The fourth-order valence-electron chi connectivity index (χ4n) is 4.38. The van der Waals surface area contributed by atoms with Gasteiger partial charge in [-0.05, 0) is 65.9 Å². The smallest absolute Gasteiger partial charge is 0.343 e. The van der Waals surface area contributed by atoms with E-state index in [1.54, 1.807) is 18.2 Å². The van der Waals surface area contributed by atoms with Gasteiger partial charge in [-0.2, -0.15) is 0 Å². The van der Waals surface area contributed by atoms with Crippen molar-refractivity contribution in [3.05, 3.63) is 107 Å². The van der Waals surface area contributed by atoms with E-state index in [9.17, 15) is 9.18 Å². The molecule has 144 valence electrons. The number of hydrogen-bond donors (Lipinski definition) is 1. The molecule has 2 aliphatic rings. The van der Waals surface area contributed by atoms with Crippen molar-refractivity contribution in [1.82, 2.24) is 0 Å². The third-order valence-corrected chi connectivity index (χ3v) is 5.78. The first-order valence-electron chi connectivity index (χ1n) is 9.79. The van der Waals surface area contributed by atoms with Crippen LogP contribution in [0.5, 0.6) is 5.75 Å². The summed E-state index contributed by atoms with van der Waals surface area (Å²) >= 11 is 0. The highest BCUT2D eigenvalue weighted by atomic mass is 19.1. The van der Waals surface area contributed by atoms with E-state index in [4.69, 9.17) is 4.74 Å². The molecule has 1 aliphatic carbocycles. The molecular formula is C25H20FNO2. The second-order valence-corrected chi connectivity index (χ2v) is 7.53. The average Bonchev–Trinajstić information content (AvgIpc) is 3.25. The summed E-state index contributed by atoms with van der Waals surface area (Å²) in [5.41, 5.74) is 3.64. The van der Waals surface area contributed by atoms with Crippen molar-refractivity contribution in [2.24, 2.45) is 5.92 Å². The molecule has 0 fully saturated rings. The van der Waals surface area contributed by atoms with E-state index in [1.165, 1.54) is 6.07 Å². The van der Waals surface area contributed by atoms with Gasteiger partial charge in [0.2, 0.25) is 0 Å². The Morgan fingerprint density at radius 2 is 1.79 bits per heavy atom. The molecular weight excluding hydrogens is 365 g/mol. The van der Waals surface area contributed by atoms with Crippen LogP contribution in [0.25, 0.3) is 0 Å². The molecule has 4 heteroatoms. The highest BCUT2D eigenvalue weighted by Crippen LogP contribution is 2.49. The third-order valence-electron chi connectivity index (χ3n) is 5.78. The second kappa shape index (κ2) is 7.21. The lowest BCUT2D eigenvalue weighted by molar-refractivity contribution is 0.0734. The topological polar surface area (TPSA) is 38.3 Å². The third kappa shape index (κ3) is 3.31. The predicted molar refractivity (Wildman–Crippen MR) is 111 cm³/mol. The number of allylic oxidation sites excluding steroid dienone is 2. The Morgan fingerprint density at radius 1 is 1.00 bits per heavy atom. The molecule has 3 aromatic rings. The molecule has 5 rings (SSSR count). The lowest BCUT2D eigenvalue weighted by Crippen LogP contribution is -2.29. The Morgan fingerprint density at radius 3 is 2.59 bits per heavy atom. The Hall–Kier alpha value is -3.40. The van der Waals surface area contributed by atoms with Crippen LogP contribution in [0.3, 0.4) is 0 Å². The molecule has 0 radical (unpaired) electrons. The fraction of sp³-hybridized carbons (Fsp3) is 0.160. The quantitative estimate of drug-likeness (QED) is 0.348. The Bertz CT molecular complexity index is 1080. The van der Waals surface area contributed by atoms with Gasteiger partial charge >= 0.3 is 5.97 Å². The Balaban J connectivity index is 1.37. The average molecular weight is 385 g/mol. The highest BCUT2D eigenvalue weighted by molar-refractivity contribution is 5.90. The number of carbonyl (C=O) groups is 1. The number of ether oxygens (including phenoxy) is 1. The predicted octanol–water partition coefficient (Wildman–Crippen LogP) is 5.87. The zero-order chi connectivity index (χ0) is 19.8. The van der Waals surface area contributed by atoms with Gasteiger partial charge in [0.25, 0.3) is 0 Å². The largest absolute Gasteiger partial charge is 0.423 e. The minimum Gasteiger partial charge on any atom is -0.423 e. The lowest BCUT2D eigenvalue weighted by Gasteiger charge is -2.37. The normalized spacial score (nSPS) is 21.8. The molecule has 1 aliphatic heterocycles. The Labute approximate surface area is 168 Å². The maximum absolute atomic E-state index is 13.7. The number of fused-ring (bicyclic) bond motifs is 3. The van der Waals surface area contributed by atoms with Crippen molar-refractivity contribution in [3.63, 3.8) is 0 Å². The number of carbonyl (C=O) groups excluding carboxylic acids is 1. The second-order valence-electron chi connectivity index (χ2n) is 7.53. The molecule has 0 bridgehead atoms. The van der Waals surface area contributed by atoms with Crippen LogP contribution in [0.1, 0.15) is 39.9 Å². The van der Waals surface area contributed by atoms with Crippen LogP contribution >= 0.6 is 0 Å². The number of benzene rings is 3. The first-order valence-corrected chi connectivity index (χ1v) is 9.79. The van der Waals surface area contributed by atoms with Gasteiger partial charge in [-0.25, -0.2) is 9.18 Å². The summed E-state index contributed by atoms with van der Waals surface area (Å²) in [5, 5.41) is 3.58. The standard InChI is InChI=1S/C25H20FNO2/c26-18-11-14-23-22(15-18)20-7-4-8-21(20)24(27-23)16-9-12-19(13-10-16)29-25(28)17-5-2-1-3-6-17/h1-7,9-15,20-21,24,27H,8H2/t20-,21+,24+/m1/s1. The van der Waals surface area contributed by atoms with Gasteiger partial charge in [0, 0.05) is 11.6 Å². The van der Waals surface area contributed by atoms with E-state index in [0.29, 0.717) is 17.2 Å². The van der Waals surface area contributed by atoms with Crippen molar-refractivity contribution < 1.29 is 13.9 Å². The lowest BCUT2D eigenvalue weighted by atomic mass is 9.77. The van der Waals surface area contributed by atoms with E-state index in [1.807, 2.05) is 48.5 Å². The monoisotopic (exact) mass is 385 g/mol. The van der Waals surface area contributed by atoms with Gasteiger partial charge in [0.1, 0.15) is 11.6 Å². The van der Waals surface area contributed by atoms with Crippen molar-refractivity contribution in [2.45, 2.75) is 18.4 Å². The molecule has 0 saturated heterocycles. The van der Waals surface area contributed by atoms with E-state index in [0.717, 1.165) is 23.2 Å². The minimum absolute atomic E-state index is 0.117. The highest BCUT2D eigenvalue weighted by Gasteiger charge is 2.37. The molecule has 0 aromatic heterocycles. The summed E-state index contributed by atoms with van der Waals surface area (Å²) < 4.78 is 19.2. The molecule has 0 amide bonds. The molecule has 3 atom stereocenters. The van der Waals surface area contributed by atoms with Gasteiger partial charge in [-0.1, -0.05) is 42.5 Å². The SMILES string of the molecule is O=C(Oc1ccc([C@@H]2Nc3ccc(F)cc3[C@@H]3C=CC[C@@H]32)cc1)c1ccccc1. The van der Waals surface area contributed by atoms with Gasteiger partial charge in [0.05, 0.1) is 11.6 Å². The molecule has 1 heterocycles. The van der Waals surface area contributed by atoms with Crippen molar-refractivity contribution in [1.29, 1.82) is 0 Å². The molecule has 3 aromatic carbocycles. The summed E-state index contributed by atoms with van der Waals surface area (Å²) in [7, 11) is 0. The maximum Gasteiger partial charge on any atom is 0.343 e. The summed E-state index contributed by atoms with van der Waals surface area (Å²) in [6.07, 6.45) is 5.32. The Kier molecular flexibility index (Phi) is 4.39. The molecule has 1 N–H and O–H groups in total. The fourth-order valence-corrected chi connectivity index (χ4v) is 4.38. The first kappa shape index (κ1) is 17.7. The van der Waals surface area contributed by atoms with Crippen LogP contribution in [0.15, 0.2) is 84.9 Å². The minimum atomic E-state index is -0.370. The van der Waals surface area contributed by atoms with Crippen molar-refractivity contribution >= 4 is 11.7 Å². The van der Waals surface area contributed by atoms with Gasteiger partial charge in [-0.3, -0.25) is 0 Å². The van der Waals surface area contributed by atoms with Gasteiger partial charge in [0.15, 0.2) is 0 Å². The number of halogens is 1. The van der Waals surface area contributed by atoms with Crippen molar-refractivity contribution in [3.8, 4) is 5.75 Å².